The molecule has 0 saturated carbocycles. The summed E-state index contributed by atoms with van der Waals surface area (Å²) in [6.07, 6.45) is 0.862. The van der Waals surface area contributed by atoms with Crippen LogP contribution < -0.4 is 0 Å². The molecule has 0 aromatic heterocycles. The third-order valence-electron chi connectivity index (χ3n) is 0.547. The molecule has 0 radical (unpaired) electrons. The number of hydrogen-bond acceptors (Lipinski definition) is 5. The van der Waals surface area contributed by atoms with Crippen LogP contribution in [0.5, 0.6) is 0 Å². The van der Waals surface area contributed by atoms with Crippen molar-refractivity contribution >= 4 is 21.2 Å². The van der Waals surface area contributed by atoms with Crippen molar-refractivity contribution in [3.8, 4) is 0 Å². The van der Waals surface area contributed by atoms with Crippen molar-refractivity contribution < 1.29 is 21.4 Å². The molecule has 0 aliphatic rings. The fourth-order valence-corrected chi connectivity index (χ4v) is 0.964. The normalized spacial score (nSPS) is 15.0. The van der Waals surface area contributed by atoms with Crippen molar-refractivity contribution in [1.82, 2.24) is 0 Å². The molecule has 62 valence electrons. The van der Waals surface area contributed by atoms with E-state index in [1.165, 1.54) is 0 Å². The first-order chi connectivity index (χ1) is 4.42. The van der Waals surface area contributed by atoms with Crippen molar-refractivity contribution in [3.63, 3.8) is 0 Å². The Labute approximate surface area is 61.8 Å². The molecule has 0 amide bonds. The van der Waals surface area contributed by atoms with Gasteiger partial charge in [-0.15, -0.1) is 0 Å². The Kier molecular flexibility index (Phi) is 4.02. The van der Waals surface area contributed by atoms with Gasteiger partial charge in [0.05, 0.1) is 12.9 Å². The molecule has 0 aliphatic carbocycles. The molecule has 0 aromatic rings. The van der Waals surface area contributed by atoms with E-state index in [0.29, 0.717) is 0 Å². The van der Waals surface area contributed by atoms with Gasteiger partial charge in [0.2, 0.25) is 0 Å². The van der Waals surface area contributed by atoms with Crippen LogP contribution in [-0.2, 0) is 25.4 Å². The molecule has 0 rings (SSSR count). The van der Waals surface area contributed by atoms with E-state index >= 15 is 0 Å². The Morgan fingerprint density at radius 3 is 2.40 bits per heavy atom. The summed E-state index contributed by atoms with van der Waals surface area (Å²) < 4.78 is 44.1. The van der Waals surface area contributed by atoms with Crippen LogP contribution in [0.3, 0.4) is 0 Å². The number of hydrogen-bond donors (Lipinski definition) is 0. The molecule has 0 heterocycles. The summed E-state index contributed by atoms with van der Waals surface area (Å²) in [6, 6.07) is 0. The third-order valence-corrected chi connectivity index (χ3v) is 1.64. The van der Waals surface area contributed by atoms with Gasteiger partial charge < -0.3 is 4.55 Å². The zero-order valence-corrected chi connectivity index (χ0v) is 6.90. The largest absolute Gasteiger partial charge is 0.772 e. The maximum Gasteiger partial charge on any atom is 0.264 e. The second-order valence-electron chi connectivity index (χ2n) is 1.53. The molecule has 7 heteroatoms. The molecule has 0 bridgehead atoms. The fraction of sp³-hybridized carbons (Fsp3) is 1.00. The Bertz CT molecular complexity index is 205. The first kappa shape index (κ1) is 10.0. The van der Waals surface area contributed by atoms with Gasteiger partial charge in [-0.2, -0.15) is 8.42 Å². The lowest BCUT2D eigenvalue weighted by Crippen LogP contribution is -2.10. The van der Waals surface area contributed by atoms with E-state index in [9.17, 15) is 17.2 Å². The summed E-state index contributed by atoms with van der Waals surface area (Å²) >= 11 is -2.24. The van der Waals surface area contributed by atoms with Crippen molar-refractivity contribution in [2.24, 2.45) is 0 Å². The predicted octanol–water partition coefficient (Wildman–Crippen LogP) is -1.16. The highest BCUT2D eigenvalue weighted by molar-refractivity contribution is 7.86. The summed E-state index contributed by atoms with van der Waals surface area (Å²) in [6.45, 7) is -0.311. The van der Waals surface area contributed by atoms with Crippen LogP contribution in [0, 0.1) is 0 Å². The van der Waals surface area contributed by atoms with Crippen molar-refractivity contribution in [1.29, 1.82) is 0 Å². The van der Waals surface area contributed by atoms with Crippen LogP contribution in [0.1, 0.15) is 0 Å². The van der Waals surface area contributed by atoms with E-state index in [4.69, 9.17) is 0 Å². The quantitative estimate of drug-likeness (QED) is 0.409. The van der Waals surface area contributed by atoms with Crippen molar-refractivity contribution in [2.45, 2.75) is 0 Å². The van der Waals surface area contributed by atoms with Crippen LogP contribution >= 0.6 is 0 Å². The topological polar surface area (TPSA) is 83.5 Å². The van der Waals surface area contributed by atoms with Gasteiger partial charge in [0, 0.05) is 5.75 Å². The van der Waals surface area contributed by atoms with Gasteiger partial charge in [-0.05, 0) is 0 Å². The average molecular weight is 187 g/mol. The van der Waals surface area contributed by atoms with E-state index in [1.54, 1.807) is 0 Å². The lowest BCUT2D eigenvalue weighted by atomic mass is 10.9. The highest BCUT2D eigenvalue weighted by Gasteiger charge is 1.99. The highest BCUT2D eigenvalue weighted by Crippen LogP contribution is 1.86. The van der Waals surface area contributed by atoms with Crippen molar-refractivity contribution in [3.05, 3.63) is 0 Å². The van der Waals surface area contributed by atoms with E-state index in [-0.39, 0.29) is 12.4 Å². The lowest BCUT2D eigenvalue weighted by molar-refractivity contribution is 0.341. The summed E-state index contributed by atoms with van der Waals surface area (Å²) in [5.41, 5.74) is 0. The Hall–Kier alpha value is 0.0200. The maximum atomic E-state index is 10.2. The maximum absolute atomic E-state index is 10.2. The van der Waals surface area contributed by atoms with Crippen molar-refractivity contribution in [2.75, 3.05) is 18.6 Å². The molecule has 0 aromatic carbocycles. The van der Waals surface area contributed by atoms with E-state index < -0.39 is 21.2 Å². The fourth-order valence-electron chi connectivity index (χ4n) is 0.253. The summed E-state index contributed by atoms with van der Waals surface area (Å²) in [4.78, 5) is 0. The van der Waals surface area contributed by atoms with Crippen LogP contribution in [0.4, 0.5) is 0 Å². The standard InChI is InChI=1S/C3H8O5S2/c1-10(6,7)8-2-3-9(4)5/h2-3H2,1H3,(H,4,5)/p-1. The van der Waals surface area contributed by atoms with E-state index in [1.807, 2.05) is 0 Å². The molecular formula is C3H7O5S2-. The Morgan fingerprint density at radius 2 is 2.10 bits per heavy atom. The molecule has 0 fully saturated rings. The predicted molar refractivity (Wildman–Crippen MR) is 34.6 cm³/mol. The lowest BCUT2D eigenvalue weighted by Gasteiger charge is -2.02. The van der Waals surface area contributed by atoms with E-state index in [2.05, 4.69) is 4.18 Å². The summed E-state index contributed by atoms with van der Waals surface area (Å²) in [7, 11) is -3.49. The molecule has 0 aliphatic heterocycles. The van der Waals surface area contributed by atoms with Gasteiger partial charge in [0.25, 0.3) is 10.1 Å². The van der Waals surface area contributed by atoms with Crippen LogP contribution in [0.25, 0.3) is 0 Å². The molecular weight excluding hydrogens is 180 g/mol. The first-order valence-electron chi connectivity index (χ1n) is 2.32. The van der Waals surface area contributed by atoms with Gasteiger partial charge in [-0.3, -0.25) is 8.39 Å². The van der Waals surface area contributed by atoms with Gasteiger partial charge >= 0.3 is 0 Å². The Morgan fingerprint density at radius 1 is 1.60 bits per heavy atom. The van der Waals surface area contributed by atoms with Gasteiger partial charge in [-0.25, -0.2) is 0 Å². The second-order valence-corrected chi connectivity index (χ2v) is 4.19. The molecule has 1 unspecified atom stereocenters. The molecule has 0 N–H and O–H groups in total. The zero-order chi connectivity index (χ0) is 8.20. The first-order valence-corrected chi connectivity index (χ1v) is 5.38. The average Bonchev–Trinajstić information content (AvgIpc) is 1.59. The number of rotatable bonds is 4. The summed E-state index contributed by atoms with van der Waals surface area (Å²) in [5.74, 6) is -0.299. The van der Waals surface area contributed by atoms with Gasteiger partial charge in [-0.1, -0.05) is 11.1 Å². The monoisotopic (exact) mass is 187 g/mol. The molecule has 0 saturated heterocycles. The second kappa shape index (κ2) is 4.02. The van der Waals surface area contributed by atoms with E-state index in [0.717, 1.165) is 6.26 Å². The Balaban J connectivity index is 3.49. The minimum Gasteiger partial charge on any atom is -0.772 e. The highest BCUT2D eigenvalue weighted by atomic mass is 32.2. The minimum absolute atomic E-state index is 0.299. The van der Waals surface area contributed by atoms with Gasteiger partial charge in [0.1, 0.15) is 0 Å². The van der Waals surface area contributed by atoms with Crippen LogP contribution in [0.2, 0.25) is 0 Å². The van der Waals surface area contributed by atoms with Gasteiger partial charge in [0.15, 0.2) is 0 Å². The zero-order valence-electron chi connectivity index (χ0n) is 5.27. The summed E-state index contributed by atoms with van der Waals surface area (Å²) in [5, 5.41) is 0. The van der Waals surface area contributed by atoms with Crippen LogP contribution in [0.15, 0.2) is 0 Å². The molecule has 1 atom stereocenters. The third kappa shape index (κ3) is 8.02. The SMILES string of the molecule is CS(=O)(=O)OCCS(=O)[O-]. The molecule has 5 nitrogen and oxygen atoms in total. The molecule has 10 heavy (non-hydrogen) atoms. The molecule has 0 spiro atoms. The smallest absolute Gasteiger partial charge is 0.264 e. The van der Waals surface area contributed by atoms with Crippen LogP contribution in [-0.4, -0.2) is 35.8 Å². The minimum atomic E-state index is -3.49.